The van der Waals surface area contributed by atoms with E-state index in [0.29, 0.717) is 25.1 Å². The van der Waals surface area contributed by atoms with Crippen molar-refractivity contribution in [2.45, 2.75) is 26.7 Å². The quantitative estimate of drug-likeness (QED) is 0.692. The topological polar surface area (TPSA) is 114 Å². The van der Waals surface area contributed by atoms with Gasteiger partial charge in [-0.05, 0) is 37.8 Å². The molecule has 4 amide bonds. The molecule has 0 saturated carbocycles. The van der Waals surface area contributed by atoms with Gasteiger partial charge in [-0.2, -0.15) is 0 Å². The third-order valence-electron chi connectivity index (χ3n) is 4.19. The van der Waals surface area contributed by atoms with Gasteiger partial charge >= 0.3 is 6.03 Å². The van der Waals surface area contributed by atoms with E-state index in [2.05, 4.69) is 10.9 Å². The van der Waals surface area contributed by atoms with Crippen LogP contribution in [0, 0.1) is 19.8 Å². The summed E-state index contributed by atoms with van der Waals surface area (Å²) in [5.41, 5.74) is 11.8. The first-order valence-corrected chi connectivity index (χ1v) is 8.20. The molecule has 1 saturated heterocycles. The van der Waals surface area contributed by atoms with Crippen LogP contribution in [0.1, 0.15) is 24.0 Å². The van der Waals surface area contributed by atoms with Crippen LogP contribution >= 0.6 is 0 Å². The van der Waals surface area contributed by atoms with Crippen LogP contribution in [-0.2, 0) is 9.59 Å². The predicted octanol–water partition coefficient (Wildman–Crippen LogP) is 0.620. The second kappa shape index (κ2) is 8.36. The van der Waals surface area contributed by atoms with Crippen LogP contribution in [0.2, 0.25) is 0 Å². The SMILES string of the molecule is Cc1cccc(C)c1OCC(=O)NNC(=O)[C@H]1CCCN(C(N)=O)C1. The number of likely N-dealkylation sites (tertiary alicyclic amines) is 1. The number of rotatable bonds is 4. The first-order valence-electron chi connectivity index (χ1n) is 8.20. The monoisotopic (exact) mass is 348 g/mol. The second-order valence-corrected chi connectivity index (χ2v) is 6.17. The maximum Gasteiger partial charge on any atom is 0.314 e. The molecule has 136 valence electrons. The molecule has 1 aromatic rings. The normalized spacial score (nSPS) is 16.9. The van der Waals surface area contributed by atoms with Crippen molar-refractivity contribution >= 4 is 17.8 Å². The maximum atomic E-state index is 12.1. The van der Waals surface area contributed by atoms with E-state index in [-0.39, 0.29) is 25.0 Å². The van der Waals surface area contributed by atoms with Gasteiger partial charge in [0.25, 0.3) is 5.91 Å². The molecular weight excluding hydrogens is 324 g/mol. The molecule has 0 unspecified atom stereocenters. The highest BCUT2D eigenvalue weighted by molar-refractivity contribution is 5.84. The molecule has 1 aliphatic rings. The molecule has 8 nitrogen and oxygen atoms in total. The highest BCUT2D eigenvalue weighted by Gasteiger charge is 2.27. The largest absolute Gasteiger partial charge is 0.483 e. The number of ether oxygens (including phenoxy) is 1. The lowest BCUT2D eigenvalue weighted by molar-refractivity contribution is -0.132. The van der Waals surface area contributed by atoms with Crippen LogP contribution in [0.4, 0.5) is 4.79 Å². The van der Waals surface area contributed by atoms with Crippen LogP contribution in [0.25, 0.3) is 0 Å². The molecule has 0 aliphatic carbocycles. The molecule has 8 heteroatoms. The number of nitrogens with one attached hydrogen (secondary N) is 2. The fourth-order valence-electron chi connectivity index (χ4n) is 2.83. The molecule has 0 spiro atoms. The van der Waals surface area contributed by atoms with Crippen LogP contribution in [0.3, 0.4) is 0 Å². The summed E-state index contributed by atoms with van der Waals surface area (Å²) in [5.74, 6) is -0.528. The van der Waals surface area contributed by atoms with Gasteiger partial charge in [0.15, 0.2) is 6.61 Å². The Morgan fingerprint density at radius 1 is 1.24 bits per heavy atom. The molecule has 0 radical (unpaired) electrons. The summed E-state index contributed by atoms with van der Waals surface area (Å²) in [6, 6.07) is 5.17. The minimum Gasteiger partial charge on any atom is -0.483 e. The highest BCUT2D eigenvalue weighted by Crippen LogP contribution is 2.22. The zero-order valence-electron chi connectivity index (χ0n) is 14.5. The highest BCUT2D eigenvalue weighted by atomic mass is 16.5. The lowest BCUT2D eigenvalue weighted by atomic mass is 9.98. The van der Waals surface area contributed by atoms with E-state index >= 15 is 0 Å². The summed E-state index contributed by atoms with van der Waals surface area (Å²) < 4.78 is 5.52. The van der Waals surface area contributed by atoms with Crippen molar-refractivity contribution < 1.29 is 19.1 Å². The van der Waals surface area contributed by atoms with Gasteiger partial charge in [0.05, 0.1) is 5.92 Å². The Bertz CT molecular complexity index is 642. The van der Waals surface area contributed by atoms with Gasteiger partial charge in [-0.1, -0.05) is 18.2 Å². The van der Waals surface area contributed by atoms with Crippen molar-refractivity contribution in [3.8, 4) is 5.75 Å². The summed E-state index contributed by atoms with van der Waals surface area (Å²) >= 11 is 0. The summed E-state index contributed by atoms with van der Waals surface area (Å²) in [5, 5.41) is 0. The van der Waals surface area contributed by atoms with Crippen LogP contribution in [-0.4, -0.2) is 42.4 Å². The van der Waals surface area contributed by atoms with Gasteiger partial charge in [0.2, 0.25) is 5.91 Å². The van der Waals surface area contributed by atoms with Crippen LogP contribution < -0.4 is 21.3 Å². The number of urea groups is 1. The van der Waals surface area contributed by atoms with Gasteiger partial charge in [0, 0.05) is 13.1 Å². The average Bonchev–Trinajstić information content (AvgIpc) is 2.59. The summed E-state index contributed by atoms with van der Waals surface area (Å²) in [6.45, 7) is 4.40. The van der Waals surface area contributed by atoms with Crippen molar-refractivity contribution in [2.75, 3.05) is 19.7 Å². The molecule has 1 atom stereocenters. The maximum absolute atomic E-state index is 12.1. The van der Waals surface area contributed by atoms with Crippen molar-refractivity contribution in [1.29, 1.82) is 0 Å². The van der Waals surface area contributed by atoms with E-state index in [1.54, 1.807) is 0 Å². The van der Waals surface area contributed by atoms with E-state index in [1.165, 1.54) is 4.90 Å². The van der Waals surface area contributed by atoms with Gasteiger partial charge in [-0.15, -0.1) is 0 Å². The van der Waals surface area contributed by atoms with E-state index in [9.17, 15) is 14.4 Å². The Labute approximate surface area is 146 Å². The minimum absolute atomic E-state index is 0.204. The number of hydrogen-bond donors (Lipinski definition) is 3. The molecule has 1 fully saturated rings. The Balaban J connectivity index is 1.78. The molecule has 1 aromatic carbocycles. The Kier molecular flexibility index (Phi) is 6.21. The molecule has 1 heterocycles. The average molecular weight is 348 g/mol. The minimum atomic E-state index is -0.538. The standard InChI is InChI=1S/C17H24N4O4/c1-11-5-3-6-12(2)15(11)25-10-14(22)19-20-16(23)13-7-4-8-21(9-13)17(18)24/h3,5-6,13H,4,7-10H2,1-2H3,(H2,18,24)(H,19,22)(H,20,23)/t13-/m0/s1. The predicted molar refractivity (Wildman–Crippen MR) is 91.6 cm³/mol. The zero-order valence-corrected chi connectivity index (χ0v) is 14.5. The smallest absolute Gasteiger partial charge is 0.314 e. The summed E-state index contributed by atoms with van der Waals surface area (Å²) in [4.78, 5) is 36.6. The number of benzene rings is 1. The number of para-hydroxylation sites is 1. The van der Waals surface area contributed by atoms with Gasteiger partial charge < -0.3 is 15.4 Å². The molecule has 0 aromatic heterocycles. The molecular formula is C17H24N4O4. The lowest BCUT2D eigenvalue weighted by Crippen LogP contribution is -2.51. The number of carbonyl (C=O) groups excluding carboxylic acids is 3. The number of piperidine rings is 1. The number of nitrogens with two attached hydrogens (primary N) is 1. The molecule has 2 rings (SSSR count). The van der Waals surface area contributed by atoms with Crippen molar-refractivity contribution in [1.82, 2.24) is 15.8 Å². The first kappa shape index (κ1) is 18.6. The fraction of sp³-hybridized carbons (Fsp3) is 0.471. The number of primary amides is 1. The van der Waals surface area contributed by atoms with Crippen LogP contribution in [0.5, 0.6) is 5.75 Å². The summed E-state index contributed by atoms with van der Waals surface area (Å²) in [6.07, 6.45) is 1.34. The number of hydrazine groups is 1. The molecule has 4 N–H and O–H groups in total. The number of nitrogens with zero attached hydrogens (tertiary/aromatic N) is 1. The molecule has 0 bridgehead atoms. The Morgan fingerprint density at radius 2 is 1.92 bits per heavy atom. The summed E-state index contributed by atoms with van der Waals surface area (Å²) in [7, 11) is 0. The first-order chi connectivity index (χ1) is 11.9. The Hall–Kier alpha value is -2.77. The lowest BCUT2D eigenvalue weighted by Gasteiger charge is -2.30. The zero-order chi connectivity index (χ0) is 18.4. The number of aryl methyl sites for hydroxylation is 2. The molecule has 1 aliphatic heterocycles. The van der Waals surface area contributed by atoms with E-state index in [0.717, 1.165) is 11.1 Å². The second-order valence-electron chi connectivity index (χ2n) is 6.17. The third-order valence-corrected chi connectivity index (χ3v) is 4.19. The molecule has 25 heavy (non-hydrogen) atoms. The van der Waals surface area contributed by atoms with Crippen molar-refractivity contribution in [3.05, 3.63) is 29.3 Å². The fourth-order valence-corrected chi connectivity index (χ4v) is 2.83. The number of carbonyl (C=O) groups is 3. The van der Waals surface area contributed by atoms with Gasteiger partial charge in [-0.3, -0.25) is 20.4 Å². The van der Waals surface area contributed by atoms with E-state index in [4.69, 9.17) is 10.5 Å². The third kappa shape index (κ3) is 5.10. The van der Waals surface area contributed by atoms with E-state index in [1.807, 2.05) is 32.0 Å². The number of hydrogen-bond acceptors (Lipinski definition) is 4. The van der Waals surface area contributed by atoms with Crippen LogP contribution in [0.15, 0.2) is 18.2 Å². The Morgan fingerprint density at radius 3 is 2.56 bits per heavy atom. The van der Waals surface area contributed by atoms with Crippen molar-refractivity contribution in [3.63, 3.8) is 0 Å². The van der Waals surface area contributed by atoms with Gasteiger partial charge in [0.1, 0.15) is 5.75 Å². The van der Waals surface area contributed by atoms with Gasteiger partial charge in [-0.25, -0.2) is 4.79 Å². The number of amides is 4. The van der Waals surface area contributed by atoms with Crippen molar-refractivity contribution in [2.24, 2.45) is 11.7 Å². The van der Waals surface area contributed by atoms with E-state index < -0.39 is 11.9 Å².